The molecule has 2 aromatic heterocycles. The van der Waals surface area contributed by atoms with E-state index in [1.807, 2.05) is 24.3 Å². The van der Waals surface area contributed by atoms with Crippen LogP contribution < -0.4 is 15.6 Å². The quantitative estimate of drug-likeness (QED) is 0.310. The second-order valence-corrected chi connectivity index (χ2v) is 8.61. The number of aromatic nitrogens is 3. The van der Waals surface area contributed by atoms with Crippen molar-refractivity contribution in [3.63, 3.8) is 0 Å². The van der Waals surface area contributed by atoms with Crippen LogP contribution in [0.4, 0.5) is 5.13 Å². The van der Waals surface area contributed by atoms with Gasteiger partial charge in [0.1, 0.15) is 5.75 Å². The van der Waals surface area contributed by atoms with Gasteiger partial charge in [0.2, 0.25) is 5.91 Å². The first-order valence-electron chi connectivity index (χ1n) is 9.56. The first-order chi connectivity index (χ1) is 15.1. The van der Waals surface area contributed by atoms with E-state index in [2.05, 4.69) is 15.3 Å². The van der Waals surface area contributed by atoms with Crippen molar-refractivity contribution in [1.29, 1.82) is 0 Å². The number of thioether (sulfide) groups is 1. The van der Waals surface area contributed by atoms with E-state index in [0.717, 1.165) is 16.0 Å². The first kappa shape index (κ1) is 21.3. The van der Waals surface area contributed by atoms with Crippen LogP contribution >= 0.6 is 23.1 Å². The summed E-state index contributed by atoms with van der Waals surface area (Å²) in [6, 6.07) is 12.6. The van der Waals surface area contributed by atoms with Crippen molar-refractivity contribution in [2.75, 3.05) is 24.8 Å². The maximum atomic E-state index is 12.9. The Bertz CT molecular complexity index is 1300. The van der Waals surface area contributed by atoms with E-state index >= 15 is 0 Å². The number of anilines is 1. The van der Waals surface area contributed by atoms with E-state index in [1.54, 1.807) is 25.3 Å². The number of para-hydroxylation sites is 1. The summed E-state index contributed by atoms with van der Waals surface area (Å²) in [5, 5.41) is 13.4. The molecule has 160 valence electrons. The highest BCUT2D eigenvalue weighted by Crippen LogP contribution is 2.29. The topological polar surface area (TPSA) is 106 Å². The van der Waals surface area contributed by atoms with Gasteiger partial charge in [-0.3, -0.25) is 14.2 Å². The number of hydrogen-bond donors (Lipinski definition) is 2. The first-order valence-corrected chi connectivity index (χ1v) is 11.4. The molecule has 0 bridgehead atoms. The molecule has 0 saturated carbocycles. The van der Waals surface area contributed by atoms with Gasteiger partial charge in [0.05, 0.1) is 34.0 Å². The molecule has 2 aromatic carbocycles. The van der Waals surface area contributed by atoms with Crippen molar-refractivity contribution in [2.45, 2.75) is 18.1 Å². The lowest BCUT2D eigenvalue weighted by Crippen LogP contribution is -2.24. The Labute approximate surface area is 185 Å². The fourth-order valence-corrected chi connectivity index (χ4v) is 4.79. The Morgan fingerprint density at radius 1 is 1.23 bits per heavy atom. The number of carbonyl (C=O) groups is 1. The zero-order valence-electron chi connectivity index (χ0n) is 16.7. The molecule has 4 aromatic rings. The number of hydrogen-bond acceptors (Lipinski definition) is 8. The minimum Gasteiger partial charge on any atom is -0.497 e. The average Bonchev–Trinajstić information content (AvgIpc) is 3.18. The number of thiazole rings is 1. The van der Waals surface area contributed by atoms with Crippen LogP contribution in [0, 0.1) is 0 Å². The highest BCUT2D eigenvalue weighted by Gasteiger charge is 2.14. The highest BCUT2D eigenvalue weighted by atomic mass is 32.2. The largest absolute Gasteiger partial charge is 0.497 e. The van der Waals surface area contributed by atoms with Crippen LogP contribution in [0.1, 0.15) is 6.42 Å². The van der Waals surface area contributed by atoms with Gasteiger partial charge in [-0.05, 0) is 36.8 Å². The summed E-state index contributed by atoms with van der Waals surface area (Å²) in [7, 11) is 1.60. The summed E-state index contributed by atoms with van der Waals surface area (Å²) in [5.41, 5.74) is 1.18. The summed E-state index contributed by atoms with van der Waals surface area (Å²) in [6.45, 7) is 0.295. The maximum Gasteiger partial charge on any atom is 0.262 e. The number of rotatable bonds is 8. The molecular formula is C21H20N4O4S2. The molecule has 0 aliphatic carbocycles. The van der Waals surface area contributed by atoms with Crippen LogP contribution in [-0.2, 0) is 11.3 Å². The number of carbonyl (C=O) groups excluding carboxylic acids is 1. The number of fused-ring (bicyclic) bond motifs is 2. The molecular weight excluding hydrogens is 436 g/mol. The van der Waals surface area contributed by atoms with Crippen molar-refractivity contribution in [3.05, 3.63) is 52.8 Å². The number of ether oxygens (including phenoxy) is 1. The van der Waals surface area contributed by atoms with Gasteiger partial charge in [-0.1, -0.05) is 35.2 Å². The number of aliphatic hydroxyl groups excluding tert-OH is 1. The molecule has 2 heterocycles. The molecule has 0 radical (unpaired) electrons. The van der Waals surface area contributed by atoms with E-state index in [-0.39, 0.29) is 23.8 Å². The number of nitrogens with one attached hydrogen (secondary N) is 1. The minimum atomic E-state index is -0.243. The minimum absolute atomic E-state index is 0.0355. The fraction of sp³-hybridized carbons (Fsp3) is 0.238. The molecule has 0 aliphatic rings. The number of methoxy groups -OCH3 is 1. The zero-order valence-corrected chi connectivity index (χ0v) is 18.3. The lowest BCUT2D eigenvalue weighted by atomic mass is 10.2. The number of aliphatic hydroxyl groups is 1. The van der Waals surface area contributed by atoms with Gasteiger partial charge in [0, 0.05) is 13.2 Å². The Hall–Kier alpha value is -2.95. The van der Waals surface area contributed by atoms with Gasteiger partial charge in [0.15, 0.2) is 10.3 Å². The van der Waals surface area contributed by atoms with E-state index in [0.29, 0.717) is 34.2 Å². The standard InChI is InChI=1S/C21H20N4O4S2/c1-29-13-7-8-16-17(11-13)31-20(22-16)24-18(27)12-30-21-23-15-6-3-2-5-14(15)19(28)25(21)9-4-10-26/h2-3,5-8,11,26H,4,9-10,12H2,1H3,(H,22,24,27). The smallest absolute Gasteiger partial charge is 0.262 e. The van der Waals surface area contributed by atoms with Gasteiger partial charge in [-0.25, -0.2) is 9.97 Å². The summed E-state index contributed by atoms with van der Waals surface area (Å²) in [4.78, 5) is 34.3. The van der Waals surface area contributed by atoms with Crippen LogP contribution in [0.5, 0.6) is 5.75 Å². The SMILES string of the molecule is COc1ccc2nc(NC(=O)CSc3nc4ccccc4c(=O)n3CCCO)sc2c1. The Balaban J connectivity index is 1.51. The van der Waals surface area contributed by atoms with Crippen molar-refractivity contribution >= 4 is 55.3 Å². The van der Waals surface area contributed by atoms with Crippen LogP contribution in [-0.4, -0.2) is 45.0 Å². The molecule has 0 aliphatic heterocycles. The molecule has 0 unspecified atom stereocenters. The molecule has 0 atom stereocenters. The Kier molecular flexibility index (Phi) is 6.50. The average molecular weight is 457 g/mol. The predicted octanol–water partition coefficient (Wildman–Crippen LogP) is 3.13. The van der Waals surface area contributed by atoms with E-state index in [9.17, 15) is 14.7 Å². The van der Waals surface area contributed by atoms with E-state index in [1.165, 1.54) is 27.7 Å². The molecule has 0 fully saturated rings. The van der Waals surface area contributed by atoms with Crippen molar-refractivity contribution < 1.29 is 14.6 Å². The van der Waals surface area contributed by atoms with Gasteiger partial charge in [0.25, 0.3) is 5.56 Å². The Morgan fingerprint density at radius 2 is 2.06 bits per heavy atom. The third kappa shape index (κ3) is 4.71. The van der Waals surface area contributed by atoms with E-state index in [4.69, 9.17) is 4.74 Å². The molecule has 10 heteroatoms. The molecule has 2 N–H and O–H groups in total. The predicted molar refractivity (Wildman–Crippen MR) is 123 cm³/mol. The molecule has 0 saturated heterocycles. The lowest BCUT2D eigenvalue weighted by Gasteiger charge is -2.12. The third-order valence-electron chi connectivity index (χ3n) is 4.54. The summed E-state index contributed by atoms with van der Waals surface area (Å²) in [6.07, 6.45) is 0.425. The number of benzene rings is 2. The van der Waals surface area contributed by atoms with Crippen molar-refractivity contribution in [3.8, 4) is 5.75 Å². The van der Waals surface area contributed by atoms with Crippen molar-refractivity contribution in [2.24, 2.45) is 0 Å². The summed E-state index contributed by atoms with van der Waals surface area (Å²) >= 11 is 2.55. The number of amides is 1. The van der Waals surface area contributed by atoms with Gasteiger partial charge in [-0.2, -0.15) is 0 Å². The lowest BCUT2D eigenvalue weighted by molar-refractivity contribution is -0.113. The zero-order chi connectivity index (χ0) is 21.8. The van der Waals surface area contributed by atoms with E-state index < -0.39 is 0 Å². The fourth-order valence-electron chi connectivity index (χ4n) is 3.05. The van der Waals surface area contributed by atoms with Gasteiger partial charge in [-0.15, -0.1) is 0 Å². The van der Waals surface area contributed by atoms with Crippen molar-refractivity contribution in [1.82, 2.24) is 14.5 Å². The van der Waals surface area contributed by atoms with Gasteiger partial charge < -0.3 is 15.2 Å². The molecule has 1 amide bonds. The van der Waals surface area contributed by atoms with Crippen LogP contribution in [0.2, 0.25) is 0 Å². The second-order valence-electron chi connectivity index (χ2n) is 6.64. The normalized spacial score (nSPS) is 11.2. The van der Waals surface area contributed by atoms with Crippen LogP contribution in [0.3, 0.4) is 0 Å². The van der Waals surface area contributed by atoms with Crippen LogP contribution in [0.25, 0.3) is 21.1 Å². The van der Waals surface area contributed by atoms with Crippen LogP contribution in [0.15, 0.2) is 52.4 Å². The highest BCUT2D eigenvalue weighted by molar-refractivity contribution is 7.99. The Morgan fingerprint density at radius 3 is 2.87 bits per heavy atom. The number of nitrogens with zero attached hydrogens (tertiary/aromatic N) is 3. The molecule has 0 spiro atoms. The summed E-state index contributed by atoms with van der Waals surface area (Å²) in [5.74, 6) is 0.559. The summed E-state index contributed by atoms with van der Waals surface area (Å²) < 4.78 is 7.64. The van der Waals surface area contributed by atoms with Gasteiger partial charge >= 0.3 is 0 Å². The second kappa shape index (κ2) is 9.46. The molecule has 31 heavy (non-hydrogen) atoms. The monoisotopic (exact) mass is 456 g/mol. The maximum absolute atomic E-state index is 12.9. The third-order valence-corrected chi connectivity index (χ3v) is 6.45. The molecule has 8 nitrogen and oxygen atoms in total. The molecule has 4 rings (SSSR count).